The van der Waals surface area contributed by atoms with Gasteiger partial charge in [-0.25, -0.2) is 15.0 Å². The van der Waals surface area contributed by atoms with Gasteiger partial charge in [-0.1, -0.05) is 158 Å². The minimum atomic E-state index is 0.598. The molecule has 4 heterocycles. The lowest BCUT2D eigenvalue weighted by Gasteiger charge is -2.17. The van der Waals surface area contributed by atoms with Crippen LogP contribution < -0.4 is 0 Å². The minimum absolute atomic E-state index is 0.598. The van der Waals surface area contributed by atoms with E-state index in [4.69, 9.17) is 19.4 Å². The molecule has 0 saturated carbocycles. The molecule has 5 nitrogen and oxygen atoms in total. The number of thiophene rings is 1. The highest BCUT2D eigenvalue weighted by atomic mass is 32.1. The van der Waals surface area contributed by atoms with Crippen LogP contribution in [0.2, 0.25) is 0 Å². The summed E-state index contributed by atoms with van der Waals surface area (Å²) in [4.78, 5) is 15.8. The molecule has 0 atom stereocenters. The Balaban J connectivity index is 1.15. The van der Waals surface area contributed by atoms with Gasteiger partial charge in [0.15, 0.2) is 17.5 Å². The maximum atomic E-state index is 6.40. The van der Waals surface area contributed by atoms with E-state index >= 15 is 0 Å². The molecule has 4 aromatic heterocycles. The Kier molecular flexibility index (Phi) is 8.01. The Morgan fingerprint density at radius 1 is 0.365 bits per heavy atom. The van der Waals surface area contributed by atoms with E-state index in [9.17, 15) is 0 Å². The van der Waals surface area contributed by atoms with E-state index in [1.807, 2.05) is 59.9 Å². The highest BCUT2D eigenvalue weighted by Gasteiger charge is 2.23. The summed E-state index contributed by atoms with van der Waals surface area (Å²) in [5.41, 5.74) is 12.2. The van der Waals surface area contributed by atoms with Crippen molar-refractivity contribution >= 4 is 75.3 Å². The number of hydrogen-bond donors (Lipinski definition) is 0. The first-order valence-corrected chi connectivity index (χ1v) is 21.9. The summed E-state index contributed by atoms with van der Waals surface area (Å²) in [6.45, 7) is 0. The molecular weight excluding hydrogens is 789 g/mol. The molecule has 63 heavy (non-hydrogen) atoms. The zero-order valence-corrected chi connectivity index (χ0v) is 34.6. The summed E-state index contributed by atoms with van der Waals surface area (Å²) < 4.78 is 11.3. The summed E-state index contributed by atoms with van der Waals surface area (Å²) in [6, 6.07) is 72.7. The van der Waals surface area contributed by atoms with Crippen molar-refractivity contribution in [2.24, 2.45) is 0 Å². The monoisotopic (exact) mass is 822 g/mol. The zero-order valence-electron chi connectivity index (χ0n) is 33.7. The third-order valence-electron chi connectivity index (χ3n) is 12.3. The van der Waals surface area contributed by atoms with E-state index in [0.717, 1.165) is 77.6 Å². The number of hydrogen-bond acceptors (Lipinski definition) is 5. The van der Waals surface area contributed by atoms with Gasteiger partial charge in [0.1, 0.15) is 11.2 Å². The molecule has 0 bridgehead atoms. The molecule has 9 aromatic carbocycles. The van der Waals surface area contributed by atoms with Crippen molar-refractivity contribution in [2.75, 3.05) is 0 Å². The second kappa shape index (κ2) is 14.2. The van der Waals surface area contributed by atoms with Crippen molar-refractivity contribution < 1.29 is 4.42 Å². The lowest BCUT2D eigenvalue weighted by Crippen LogP contribution is -2.02. The number of aromatic nitrogens is 4. The molecule has 0 unspecified atom stereocenters. The molecule has 0 aliphatic rings. The first kappa shape index (κ1) is 35.6. The molecule has 0 saturated heterocycles. The van der Waals surface area contributed by atoms with Gasteiger partial charge in [-0.2, -0.15) is 0 Å². The number of fused-ring (bicyclic) bond motifs is 9. The van der Waals surface area contributed by atoms with Gasteiger partial charge in [-0.15, -0.1) is 11.3 Å². The Labute approximate surface area is 365 Å². The number of para-hydroxylation sites is 3. The maximum Gasteiger partial charge on any atom is 0.164 e. The van der Waals surface area contributed by atoms with E-state index in [1.165, 1.54) is 30.9 Å². The Morgan fingerprint density at radius 2 is 0.952 bits per heavy atom. The van der Waals surface area contributed by atoms with E-state index in [-0.39, 0.29) is 0 Å². The van der Waals surface area contributed by atoms with Crippen molar-refractivity contribution in [1.82, 2.24) is 19.5 Å². The SMILES string of the molecule is c1ccc(-c2nc(-c3ccccc3)nc(-c3cc(-c4cccc5oc6ccccc6c45)ccc3-c3cc(-n4c5ccccc5c5ccccc54)cc4c3sc3ccccc34)n2)cc1. The van der Waals surface area contributed by atoms with Crippen LogP contribution in [0, 0.1) is 0 Å². The highest BCUT2D eigenvalue weighted by Crippen LogP contribution is 2.47. The zero-order chi connectivity index (χ0) is 41.4. The van der Waals surface area contributed by atoms with Gasteiger partial charge in [0.05, 0.1) is 11.0 Å². The van der Waals surface area contributed by atoms with Gasteiger partial charge in [-0.05, 0) is 65.2 Å². The van der Waals surface area contributed by atoms with Crippen molar-refractivity contribution in [2.45, 2.75) is 0 Å². The highest BCUT2D eigenvalue weighted by molar-refractivity contribution is 7.26. The minimum Gasteiger partial charge on any atom is -0.456 e. The Morgan fingerprint density at radius 3 is 1.67 bits per heavy atom. The molecule has 0 fully saturated rings. The van der Waals surface area contributed by atoms with Crippen LogP contribution in [0.4, 0.5) is 0 Å². The van der Waals surface area contributed by atoms with Crippen LogP contribution >= 0.6 is 11.3 Å². The first-order valence-electron chi connectivity index (χ1n) is 21.1. The summed E-state index contributed by atoms with van der Waals surface area (Å²) in [5.74, 6) is 1.83. The summed E-state index contributed by atoms with van der Waals surface area (Å²) >= 11 is 1.83. The van der Waals surface area contributed by atoms with Crippen LogP contribution in [0.3, 0.4) is 0 Å². The van der Waals surface area contributed by atoms with Crippen LogP contribution in [0.15, 0.2) is 211 Å². The lowest BCUT2D eigenvalue weighted by atomic mass is 9.91. The number of rotatable bonds is 6. The molecule has 0 N–H and O–H groups in total. The van der Waals surface area contributed by atoms with Crippen molar-refractivity contribution in [3.63, 3.8) is 0 Å². The summed E-state index contributed by atoms with van der Waals surface area (Å²) in [7, 11) is 0. The lowest BCUT2D eigenvalue weighted by molar-refractivity contribution is 0.669. The third-order valence-corrected chi connectivity index (χ3v) is 13.5. The van der Waals surface area contributed by atoms with Crippen molar-refractivity contribution in [3.05, 3.63) is 206 Å². The first-order chi connectivity index (χ1) is 31.2. The van der Waals surface area contributed by atoms with Gasteiger partial charge >= 0.3 is 0 Å². The average molecular weight is 823 g/mol. The van der Waals surface area contributed by atoms with Gasteiger partial charge in [-0.3, -0.25) is 0 Å². The second-order valence-corrected chi connectivity index (χ2v) is 17.0. The molecule has 6 heteroatoms. The molecule has 0 aliphatic carbocycles. The van der Waals surface area contributed by atoms with Crippen LogP contribution in [0.25, 0.3) is 126 Å². The molecule has 0 radical (unpaired) electrons. The third kappa shape index (κ3) is 5.73. The predicted octanol–water partition coefficient (Wildman–Crippen LogP) is 15.6. The average Bonchev–Trinajstić information content (AvgIpc) is 4.04. The number of benzene rings is 9. The van der Waals surface area contributed by atoms with Gasteiger partial charge in [0.25, 0.3) is 0 Å². The molecule has 0 aliphatic heterocycles. The van der Waals surface area contributed by atoms with Crippen LogP contribution in [-0.2, 0) is 0 Å². The maximum absolute atomic E-state index is 6.40. The fourth-order valence-electron chi connectivity index (χ4n) is 9.42. The molecular formula is C57H34N4OS. The van der Waals surface area contributed by atoms with E-state index < -0.39 is 0 Å². The largest absolute Gasteiger partial charge is 0.456 e. The van der Waals surface area contributed by atoms with Crippen molar-refractivity contribution in [1.29, 1.82) is 0 Å². The molecule has 294 valence electrons. The van der Waals surface area contributed by atoms with Gasteiger partial charge in [0.2, 0.25) is 0 Å². The Hall–Kier alpha value is -8.19. The quantitative estimate of drug-likeness (QED) is 0.168. The standard InChI is InChI=1S/C57H34N4OS/c1-3-16-35(17-4-1)55-58-56(36-18-5-2-6-19-36)60-57(59-55)47-32-37(39-24-15-28-51-53(39)44-23-9-13-27-50(44)62-51)30-31-40(47)45-33-38(34-46-43-22-10-14-29-52(43)63-54(45)46)61-48-25-11-7-20-41(48)42-21-8-12-26-49(42)61/h1-34H. The van der Waals surface area contributed by atoms with Crippen LogP contribution in [0.1, 0.15) is 0 Å². The second-order valence-electron chi connectivity index (χ2n) is 15.9. The van der Waals surface area contributed by atoms with Crippen LogP contribution in [-0.4, -0.2) is 19.5 Å². The van der Waals surface area contributed by atoms with E-state index in [0.29, 0.717) is 17.5 Å². The smallest absolute Gasteiger partial charge is 0.164 e. The fraction of sp³-hybridized carbons (Fsp3) is 0. The molecule has 0 spiro atoms. The van der Waals surface area contributed by atoms with Crippen LogP contribution in [0.5, 0.6) is 0 Å². The Bertz CT molecular complexity index is 3810. The predicted molar refractivity (Wildman–Crippen MR) is 262 cm³/mol. The fourth-order valence-corrected chi connectivity index (χ4v) is 10.6. The summed E-state index contributed by atoms with van der Waals surface area (Å²) in [5, 5.41) is 7.05. The molecule has 0 amide bonds. The number of furan rings is 1. The molecule has 13 aromatic rings. The van der Waals surface area contributed by atoms with E-state index in [1.54, 1.807) is 0 Å². The normalized spacial score (nSPS) is 11.8. The van der Waals surface area contributed by atoms with E-state index in [2.05, 4.69) is 162 Å². The number of nitrogens with zero attached hydrogens (tertiary/aromatic N) is 4. The topological polar surface area (TPSA) is 56.7 Å². The summed E-state index contributed by atoms with van der Waals surface area (Å²) in [6.07, 6.45) is 0. The van der Waals surface area contributed by atoms with Gasteiger partial charge < -0.3 is 8.98 Å². The van der Waals surface area contributed by atoms with Crippen molar-refractivity contribution in [3.8, 4) is 62.1 Å². The molecule has 13 rings (SSSR count). The van der Waals surface area contributed by atoms with Gasteiger partial charge in [0, 0.05) is 69.7 Å².